The van der Waals surface area contributed by atoms with Gasteiger partial charge in [0.05, 0.1) is 39.6 Å². The molecular formula is C12H20O8. The molecule has 116 valence electrons. The van der Waals surface area contributed by atoms with Crippen molar-refractivity contribution in [1.82, 2.24) is 0 Å². The Hall–Kier alpha value is -1.22. The topological polar surface area (TPSA) is 89.5 Å². The number of carbonyl (C=O) groups is 2. The van der Waals surface area contributed by atoms with Crippen LogP contribution in [-0.2, 0) is 38.0 Å². The van der Waals surface area contributed by atoms with E-state index < -0.39 is 11.9 Å². The van der Waals surface area contributed by atoms with Crippen LogP contribution in [0.4, 0.5) is 0 Å². The van der Waals surface area contributed by atoms with E-state index in [2.05, 4.69) is 0 Å². The van der Waals surface area contributed by atoms with Gasteiger partial charge in [-0.1, -0.05) is 0 Å². The first-order chi connectivity index (χ1) is 9.79. The molecule has 1 rings (SSSR count). The van der Waals surface area contributed by atoms with E-state index in [1.165, 1.54) is 0 Å². The minimum Gasteiger partial charge on any atom is -0.462 e. The van der Waals surface area contributed by atoms with Crippen LogP contribution in [0.3, 0.4) is 0 Å². The average Bonchev–Trinajstić information content (AvgIpc) is 2.43. The average molecular weight is 292 g/mol. The summed E-state index contributed by atoms with van der Waals surface area (Å²) in [5.41, 5.74) is 0. The lowest BCUT2D eigenvalue weighted by Crippen LogP contribution is -2.21. The van der Waals surface area contributed by atoms with Gasteiger partial charge in [0.2, 0.25) is 0 Å². The molecule has 0 radical (unpaired) electrons. The minimum absolute atomic E-state index is 0.124. The van der Waals surface area contributed by atoms with Crippen molar-refractivity contribution in [2.75, 3.05) is 66.1 Å². The van der Waals surface area contributed by atoms with Crippen LogP contribution in [-0.4, -0.2) is 78.0 Å². The fourth-order valence-electron chi connectivity index (χ4n) is 1.26. The summed E-state index contributed by atoms with van der Waals surface area (Å²) in [5.74, 6) is -0.889. The van der Waals surface area contributed by atoms with Crippen molar-refractivity contribution in [3.8, 4) is 0 Å². The lowest BCUT2D eigenvalue weighted by Gasteiger charge is -2.09. The van der Waals surface area contributed by atoms with Crippen molar-refractivity contribution in [3.63, 3.8) is 0 Å². The molecular weight excluding hydrogens is 272 g/mol. The molecule has 0 aromatic carbocycles. The van der Waals surface area contributed by atoms with Gasteiger partial charge in [0, 0.05) is 0 Å². The zero-order valence-corrected chi connectivity index (χ0v) is 11.3. The molecule has 0 N–H and O–H groups in total. The van der Waals surface area contributed by atoms with Crippen molar-refractivity contribution in [2.24, 2.45) is 0 Å². The van der Waals surface area contributed by atoms with Crippen LogP contribution in [0.25, 0.3) is 0 Å². The summed E-state index contributed by atoms with van der Waals surface area (Å²) in [5, 5.41) is 0. The fraction of sp³-hybridized carbons (Fsp3) is 0.833. The Labute approximate surface area is 117 Å². The maximum atomic E-state index is 11.2. The van der Waals surface area contributed by atoms with Crippen molar-refractivity contribution >= 4 is 11.9 Å². The molecule has 0 amide bonds. The minimum atomic E-state index is -0.445. The maximum Gasteiger partial charge on any atom is 0.332 e. The Morgan fingerprint density at radius 3 is 1.30 bits per heavy atom. The summed E-state index contributed by atoms with van der Waals surface area (Å²) in [4.78, 5) is 22.4. The fourth-order valence-corrected chi connectivity index (χ4v) is 1.26. The Kier molecular flexibility index (Phi) is 9.76. The first-order valence-corrected chi connectivity index (χ1v) is 6.41. The second-order valence-electron chi connectivity index (χ2n) is 3.77. The number of rotatable bonds is 0. The summed E-state index contributed by atoms with van der Waals surface area (Å²) >= 11 is 0. The quantitative estimate of drug-likeness (QED) is 0.534. The van der Waals surface area contributed by atoms with Crippen LogP contribution in [0.2, 0.25) is 0 Å². The molecule has 20 heavy (non-hydrogen) atoms. The first-order valence-electron chi connectivity index (χ1n) is 6.41. The Bertz CT molecular complexity index is 229. The normalized spacial score (nSPS) is 22.2. The molecule has 0 spiro atoms. The van der Waals surface area contributed by atoms with E-state index in [0.717, 1.165) is 0 Å². The number of ether oxygens (including phenoxy) is 6. The van der Waals surface area contributed by atoms with Crippen LogP contribution in [0, 0.1) is 0 Å². The van der Waals surface area contributed by atoms with Gasteiger partial charge in [0.15, 0.2) is 0 Å². The van der Waals surface area contributed by atoms with Gasteiger partial charge in [0.25, 0.3) is 0 Å². The van der Waals surface area contributed by atoms with E-state index >= 15 is 0 Å². The Morgan fingerprint density at radius 2 is 0.850 bits per heavy atom. The van der Waals surface area contributed by atoms with Crippen LogP contribution >= 0.6 is 0 Å². The molecule has 1 aliphatic heterocycles. The summed E-state index contributed by atoms with van der Waals surface area (Å²) < 4.78 is 30.1. The molecule has 8 heteroatoms. The predicted molar refractivity (Wildman–Crippen MR) is 65.2 cm³/mol. The molecule has 1 saturated heterocycles. The number of esters is 2. The van der Waals surface area contributed by atoms with Crippen LogP contribution in [0.5, 0.6) is 0 Å². The second kappa shape index (κ2) is 11.6. The molecule has 1 aliphatic rings. The third kappa shape index (κ3) is 9.68. The van der Waals surface area contributed by atoms with Gasteiger partial charge in [-0.05, 0) is 0 Å². The predicted octanol–water partition coefficient (Wildman–Crippen LogP) is -0.847. The Balaban J connectivity index is 2.19. The van der Waals surface area contributed by atoms with Gasteiger partial charge in [-0.25, -0.2) is 9.59 Å². The van der Waals surface area contributed by atoms with Crippen LogP contribution in [0.1, 0.15) is 0 Å². The molecule has 8 nitrogen and oxygen atoms in total. The summed E-state index contributed by atoms with van der Waals surface area (Å²) in [6.07, 6.45) is 0. The molecule has 0 unspecified atom stereocenters. The van der Waals surface area contributed by atoms with Gasteiger partial charge in [-0.2, -0.15) is 0 Å². The molecule has 0 aliphatic carbocycles. The highest BCUT2D eigenvalue weighted by atomic mass is 16.6. The third-order valence-electron chi connectivity index (χ3n) is 2.17. The highest BCUT2D eigenvalue weighted by molar-refractivity contribution is 5.70. The molecule has 0 atom stereocenters. The Morgan fingerprint density at radius 1 is 0.500 bits per heavy atom. The third-order valence-corrected chi connectivity index (χ3v) is 2.17. The zero-order valence-electron chi connectivity index (χ0n) is 11.3. The van der Waals surface area contributed by atoms with Gasteiger partial charge >= 0.3 is 11.9 Å². The van der Waals surface area contributed by atoms with Gasteiger partial charge in [-0.3, -0.25) is 0 Å². The smallest absolute Gasteiger partial charge is 0.332 e. The SMILES string of the molecule is O=C1COCCOCCOC(=O)COCCOCCO1. The molecule has 0 aromatic heterocycles. The molecule has 0 bridgehead atoms. The molecule has 1 fully saturated rings. The lowest BCUT2D eigenvalue weighted by molar-refractivity contribution is -0.154. The first kappa shape index (κ1) is 16.8. The summed E-state index contributed by atoms with van der Waals surface area (Å²) in [6, 6.07) is 0. The molecule has 0 aromatic rings. The van der Waals surface area contributed by atoms with E-state index in [1.54, 1.807) is 0 Å². The van der Waals surface area contributed by atoms with Gasteiger partial charge in [-0.15, -0.1) is 0 Å². The lowest BCUT2D eigenvalue weighted by atomic mass is 10.6. The highest BCUT2D eigenvalue weighted by Crippen LogP contribution is 1.88. The van der Waals surface area contributed by atoms with E-state index in [0.29, 0.717) is 13.2 Å². The number of cyclic esters (lactones) is 2. The standard InChI is InChI=1S/C12H20O8/c13-11-9-17-3-1-15-5-7-19-12(14)10-18-4-2-16-6-8-20-11/h1-10H2. The molecule has 0 saturated carbocycles. The maximum absolute atomic E-state index is 11.2. The zero-order chi connectivity index (χ0) is 14.5. The number of hydrogen-bond acceptors (Lipinski definition) is 8. The van der Waals surface area contributed by atoms with E-state index in [-0.39, 0.29) is 52.9 Å². The summed E-state index contributed by atoms with van der Waals surface area (Å²) in [6.45, 7) is 1.75. The number of hydrogen-bond donors (Lipinski definition) is 0. The monoisotopic (exact) mass is 292 g/mol. The van der Waals surface area contributed by atoms with Crippen LogP contribution in [0.15, 0.2) is 0 Å². The van der Waals surface area contributed by atoms with Crippen molar-refractivity contribution in [1.29, 1.82) is 0 Å². The second-order valence-corrected chi connectivity index (χ2v) is 3.77. The largest absolute Gasteiger partial charge is 0.462 e. The molecule has 1 heterocycles. The van der Waals surface area contributed by atoms with Gasteiger partial charge in [0.1, 0.15) is 26.4 Å². The van der Waals surface area contributed by atoms with E-state index in [4.69, 9.17) is 28.4 Å². The van der Waals surface area contributed by atoms with Gasteiger partial charge < -0.3 is 28.4 Å². The number of carbonyl (C=O) groups excluding carboxylic acids is 2. The van der Waals surface area contributed by atoms with E-state index in [9.17, 15) is 9.59 Å². The highest BCUT2D eigenvalue weighted by Gasteiger charge is 2.05. The van der Waals surface area contributed by atoms with Crippen molar-refractivity contribution in [2.45, 2.75) is 0 Å². The van der Waals surface area contributed by atoms with Crippen molar-refractivity contribution < 1.29 is 38.0 Å². The van der Waals surface area contributed by atoms with Crippen molar-refractivity contribution in [3.05, 3.63) is 0 Å². The van der Waals surface area contributed by atoms with Crippen LogP contribution < -0.4 is 0 Å². The summed E-state index contributed by atoms with van der Waals surface area (Å²) in [7, 11) is 0. The van der Waals surface area contributed by atoms with E-state index in [1.807, 2.05) is 0 Å².